The van der Waals surface area contributed by atoms with Gasteiger partial charge in [0.15, 0.2) is 11.6 Å². The van der Waals surface area contributed by atoms with Crippen molar-refractivity contribution in [1.82, 2.24) is 20.4 Å². The second-order valence-corrected chi connectivity index (χ2v) is 6.68. The summed E-state index contributed by atoms with van der Waals surface area (Å²) in [6.07, 6.45) is 3.14. The minimum absolute atomic E-state index is 0.0801. The fourth-order valence-corrected chi connectivity index (χ4v) is 3.25. The van der Waals surface area contributed by atoms with Crippen LogP contribution in [-0.4, -0.2) is 47.0 Å². The minimum atomic E-state index is -0.628. The van der Waals surface area contributed by atoms with E-state index in [1.165, 1.54) is 24.5 Å². The molecule has 0 unspecified atom stereocenters. The molecule has 0 spiro atoms. The van der Waals surface area contributed by atoms with Crippen LogP contribution in [-0.2, 0) is 0 Å². The molecular formula is C20H21FN8O. The first-order valence-corrected chi connectivity index (χ1v) is 9.46. The van der Waals surface area contributed by atoms with Crippen molar-refractivity contribution in [2.45, 2.75) is 0 Å². The summed E-state index contributed by atoms with van der Waals surface area (Å²) in [5.74, 6) is 0.520. The SMILES string of the molecule is Nc1c(NNC(=O)c2ccccc2F)ncnc1N1CCN(c2ccccn2)CC1. The largest absolute Gasteiger partial charge is 0.393 e. The molecular weight excluding hydrogens is 387 g/mol. The number of halogens is 1. The Hall–Kier alpha value is -3.95. The van der Waals surface area contributed by atoms with E-state index in [4.69, 9.17) is 5.73 Å². The number of amides is 1. The zero-order chi connectivity index (χ0) is 20.9. The Kier molecular flexibility index (Phi) is 5.55. The Morgan fingerprint density at radius 1 is 0.967 bits per heavy atom. The maximum atomic E-state index is 13.8. The molecule has 1 aliphatic rings. The zero-order valence-electron chi connectivity index (χ0n) is 16.1. The van der Waals surface area contributed by atoms with Crippen LogP contribution < -0.4 is 26.4 Å². The topological polar surface area (TPSA) is 112 Å². The molecule has 154 valence electrons. The highest BCUT2D eigenvalue weighted by Crippen LogP contribution is 2.27. The second kappa shape index (κ2) is 8.60. The molecule has 1 fully saturated rings. The van der Waals surface area contributed by atoms with Gasteiger partial charge < -0.3 is 15.5 Å². The molecule has 30 heavy (non-hydrogen) atoms. The van der Waals surface area contributed by atoms with E-state index in [1.54, 1.807) is 12.3 Å². The number of carbonyl (C=O) groups is 1. The van der Waals surface area contributed by atoms with Crippen molar-refractivity contribution < 1.29 is 9.18 Å². The highest BCUT2D eigenvalue weighted by atomic mass is 19.1. The molecule has 0 saturated carbocycles. The van der Waals surface area contributed by atoms with Crippen molar-refractivity contribution in [3.63, 3.8) is 0 Å². The highest BCUT2D eigenvalue weighted by Gasteiger charge is 2.22. The predicted octanol–water partition coefficient (Wildman–Crippen LogP) is 1.68. The van der Waals surface area contributed by atoms with Crippen molar-refractivity contribution in [2.75, 3.05) is 47.1 Å². The molecule has 1 saturated heterocycles. The van der Waals surface area contributed by atoms with Crippen molar-refractivity contribution in [1.29, 1.82) is 0 Å². The number of carbonyl (C=O) groups excluding carboxylic acids is 1. The Morgan fingerprint density at radius 3 is 2.43 bits per heavy atom. The number of hydrogen-bond acceptors (Lipinski definition) is 8. The first-order chi connectivity index (χ1) is 14.6. The lowest BCUT2D eigenvalue weighted by atomic mass is 10.2. The number of nitrogen functional groups attached to an aromatic ring is 1. The van der Waals surface area contributed by atoms with E-state index in [2.05, 4.69) is 35.6 Å². The molecule has 4 rings (SSSR count). The van der Waals surface area contributed by atoms with Crippen LogP contribution in [0.5, 0.6) is 0 Å². The van der Waals surface area contributed by atoms with E-state index in [0.29, 0.717) is 24.6 Å². The molecule has 0 aliphatic carbocycles. The Morgan fingerprint density at radius 2 is 1.70 bits per heavy atom. The van der Waals surface area contributed by atoms with Gasteiger partial charge in [0.2, 0.25) is 0 Å². The van der Waals surface area contributed by atoms with Crippen LogP contribution in [0.25, 0.3) is 0 Å². The van der Waals surface area contributed by atoms with Gasteiger partial charge >= 0.3 is 0 Å². The number of rotatable bonds is 5. The van der Waals surface area contributed by atoms with E-state index in [0.717, 1.165) is 18.9 Å². The zero-order valence-corrected chi connectivity index (χ0v) is 16.1. The van der Waals surface area contributed by atoms with Gasteiger partial charge in [-0.15, -0.1) is 0 Å². The average Bonchev–Trinajstić information content (AvgIpc) is 2.79. The smallest absolute Gasteiger partial charge is 0.272 e. The molecule has 2 aromatic heterocycles. The monoisotopic (exact) mass is 408 g/mol. The molecule has 1 aliphatic heterocycles. The van der Waals surface area contributed by atoms with E-state index in [-0.39, 0.29) is 11.4 Å². The van der Waals surface area contributed by atoms with Crippen LogP contribution in [0.1, 0.15) is 10.4 Å². The summed E-state index contributed by atoms with van der Waals surface area (Å²) in [6.45, 7) is 2.96. The van der Waals surface area contributed by atoms with Gasteiger partial charge in [-0.1, -0.05) is 18.2 Å². The molecule has 3 aromatic rings. The van der Waals surface area contributed by atoms with Gasteiger partial charge in [-0.2, -0.15) is 0 Å². The van der Waals surface area contributed by atoms with Crippen LogP contribution in [0.15, 0.2) is 55.0 Å². The fourth-order valence-electron chi connectivity index (χ4n) is 3.25. The second-order valence-electron chi connectivity index (χ2n) is 6.68. The lowest BCUT2D eigenvalue weighted by Crippen LogP contribution is -2.47. The van der Waals surface area contributed by atoms with Gasteiger partial charge in [0, 0.05) is 32.4 Å². The Bertz CT molecular complexity index is 1020. The quantitative estimate of drug-likeness (QED) is 0.547. The summed E-state index contributed by atoms with van der Waals surface area (Å²) in [7, 11) is 0. The summed E-state index contributed by atoms with van der Waals surface area (Å²) < 4.78 is 13.8. The third kappa shape index (κ3) is 4.07. The maximum absolute atomic E-state index is 13.8. The van der Waals surface area contributed by atoms with Gasteiger partial charge in [0.05, 0.1) is 5.56 Å². The molecule has 1 aromatic carbocycles. The molecule has 0 atom stereocenters. The molecule has 0 radical (unpaired) electrons. The summed E-state index contributed by atoms with van der Waals surface area (Å²) >= 11 is 0. The predicted molar refractivity (Wildman–Crippen MR) is 113 cm³/mol. The number of aromatic nitrogens is 3. The number of anilines is 4. The molecule has 4 N–H and O–H groups in total. The first-order valence-electron chi connectivity index (χ1n) is 9.46. The van der Waals surface area contributed by atoms with Gasteiger partial charge in [-0.25, -0.2) is 19.3 Å². The van der Waals surface area contributed by atoms with Crippen molar-refractivity contribution in [3.05, 3.63) is 66.4 Å². The van der Waals surface area contributed by atoms with Crippen LogP contribution in [0, 0.1) is 5.82 Å². The molecule has 3 heterocycles. The van der Waals surface area contributed by atoms with Crippen molar-refractivity contribution in [2.24, 2.45) is 0 Å². The Labute approximate surface area is 172 Å². The van der Waals surface area contributed by atoms with Gasteiger partial charge in [0.25, 0.3) is 5.91 Å². The number of nitrogens with zero attached hydrogens (tertiary/aromatic N) is 5. The normalized spacial score (nSPS) is 13.8. The van der Waals surface area contributed by atoms with Crippen molar-refractivity contribution >= 4 is 29.0 Å². The van der Waals surface area contributed by atoms with Gasteiger partial charge in [-0.3, -0.25) is 15.6 Å². The van der Waals surface area contributed by atoms with Gasteiger partial charge in [-0.05, 0) is 24.3 Å². The van der Waals surface area contributed by atoms with E-state index in [9.17, 15) is 9.18 Å². The average molecular weight is 408 g/mol. The number of hydrazine groups is 1. The lowest BCUT2D eigenvalue weighted by molar-refractivity contribution is 0.0958. The molecule has 0 bridgehead atoms. The summed E-state index contributed by atoms with van der Waals surface area (Å²) in [5.41, 5.74) is 11.5. The fraction of sp³-hybridized carbons (Fsp3) is 0.200. The van der Waals surface area contributed by atoms with Crippen LogP contribution in [0.2, 0.25) is 0 Å². The minimum Gasteiger partial charge on any atom is -0.393 e. The van der Waals surface area contributed by atoms with Crippen LogP contribution in [0.4, 0.5) is 27.5 Å². The summed E-state index contributed by atoms with van der Waals surface area (Å²) in [6, 6.07) is 11.5. The number of nitrogens with two attached hydrogens (primary N) is 1. The van der Waals surface area contributed by atoms with Gasteiger partial charge in [0.1, 0.15) is 23.6 Å². The lowest BCUT2D eigenvalue weighted by Gasteiger charge is -2.36. The van der Waals surface area contributed by atoms with E-state index < -0.39 is 11.7 Å². The number of pyridine rings is 1. The van der Waals surface area contributed by atoms with Crippen LogP contribution >= 0.6 is 0 Å². The first kappa shape index (κ1) is 19.4. The number of benzene rings is 1. The molecule has 1 amide bonds. The number of hydrogen-bond donors (Lipinski definition) is 3. The Balaban J connectivity index is 1.41. The maximum Gasteiger partial charge on any atom is 0.272 e. The number of piperazine rings is 1. The third-order valence-corrected chi connectivity index (χ3v) is 4.83. The molecule has 9 nitrogen and oxygen atoms in total. The summed E-state index contributed by atoms with van der Waals surface area (Å²) in [5, 5.41) is 0. The van der Waals surface area contributed by atoms with Crippen LogP contribution in [0.3, 0.4) is 0 Å². The number of nitrogens with one attached hydrogen (secondary N) is 2. The van der Waals surface area contributed by atoms with Crippen molar-refractivity contribution in [3.8, 4) is 0 Å². The van der Waals surface area contributed by atoms with E-state index >= 15 is 0 Å². The third-order valence-electron chi connectivity index (χ3n) is 4.83. The summed E-state index contributed by atoms with van der Waals surface area (Å²) in [4.78, 5) is 29.2. The standard InChI is InChI=1S/C20H21FN8O/c21-15-6-2-1-5-14(15)20(30)27-26-18-17(22)19(25-13-24-18)29-11-9-28(10-12-29)16-7-3-4-8-23-16/h1-8,13H,9-12,22H2,(H,27,30)(H,24,25,26). The molecule has 10 heteroatoms. The van der Waals surface area contributed by atoms with E-state index in [1.807, 2.05) is 18.2 Å². The highest BCUT2D eigenvalue weighted by molar-refractivity contribution is 5.95.